The average molecular weight is 854 g/mol. The molecule has 348 valence electrons. The van der Waals surface area contributed by atoms with Crippen molar-refractivity contribution in [3.8, 4) is 0 Å². The summed E-state index contributed by atoms with van der Waals surface area (Å²) in [7, 11) is 1.60. The van der Waals surface area contributed by atoms with Crippen LogP contribution in [0.15, 0.2) is 36.5 Å². The number of phosphoric ester groups is 1. The van der Waals surface area contributed by atoms with Crippen molar-refractivity contribution >= 4 is 13.7 Å². The molecule has 8 nitrogen and oxygen atoms in total. The first-order valence-corrected chi connectivity index (χ1v) is 26.3. The second-order valence-electron chi connectivity index (χ2n) is 18.2. The van der Waals surface area contributed by atoms with Crippen LogP contribution in [0.1, 0.15) is 226 Å². The van der Waals surface area contributed by atoms with Crippen LogP contribution in [-0.4, -0.2) is 73.4 Å². The minimum atomic E-state index is -4.32. The third-order valence-corrected chi connectivity index (χ3v) is 12.1. The molecule has 3 N–H and O–H groups in total. The van der Waals surface area contributed by atoms with Crippen molar-refractivity contribution < 1.29 is 32.9 Å². The number of hydrogen-bond donors (Lipinski definition) is 3. The van der Waals surface area contributed by atoms with Gasteiger partial charge in [0.05, 0.1) is 39.9 Å². The largest absolute Gasteiger partial charge is 0.472 e. The highest BCUT2D eigenvalue weighted by Gasteiger charge is 2.28. The van der Waals surface area contributed by atoms with Crippen LogP contribution in [0.2, 0.25) is 0 Å². The van der Waals surface area contributed by atoms with Crippen LogP contribution < -0.4 is 5.32 Å². The van der Waals surface area contributed by atoms with Gasteiger partial charge in [0.1, 0.15) is 13.2 Å². The molecule has 0 aromatic rings. The Kier molecular flexibility index (Phi) is 41.1. The molecule has 0 aliphatic heterocycles. The summed E-state index contributed by atoms with van der Waals surface area (Å²) in [4.78, 5) is 23.2. The standard InChI is InChI=1S/C50H97N2O6P/c1-6-8-10-12-14-16-18-20-21-22-23-24-25-26-27-28-29-30-32-33-35-37-39-41-43-49(53)48(47-58-59(55,56)57-46-45-52(3,4)5)51-50(54)44-42-40-38-36-34-31-19-17-15-13-11-9-7-2/h9,11,15,17,31,34,48-49,53H,6-8,10,12-14,16,18-30,32-33,35-47H2,1-5H3,(H-,51,54,55,56)/p+1/b11-9-,17-15-,34-31-. The van der Waals surface area contributed by atoms with Crippen LogP contribution in [0, 0.1) is 0 Å². The van der Waals surface area contributed by atoms with E-state index in [-0.39, 0.29) is 19.1 Å². The highest BCUT2D eigenvalue weighted by molar-refractivity contribution is 7.47. The molecule has 0 fully saturated rings. The Morgan fingerprint density at radius 1 is 0.593 bits per heavy atom. The van der Waals surface area contributed by atoms with Crippen LogP contribution >= 0.6 is 7.82 Å². The van der Waals surface area contributed by atoms with Gasteiger partial charge in [-0.15, -0.1) is 0 Å². The molecule has 0 heterocycles. The van der Waals surface area contributed by atoms with Crippen LogP contribution in [0.3, 0.4) is 0 Å². The van der Waals surface area contributed by atoms with E-state index in [1.165, 1.54) is 135 Å². The molecule has 0 saturated carbocycles. The molecule has 0 spiro atoms. The highest BCUT2D eigenvalue weighted by atomic mass is 31.2. The molecule has 0 rings (SSSR count). The number of rotatable bonds is 45. The Morgan fingerprint density at radius 3 is 1.47 bits per heavy atom. The summed E-state index contributed by atoms with van der Waals surface area (Å²) in [5, 5.41) is 14.0. The molecule has 59 heavy (non-hydrogen) atoms. The Morgan fingerprint density at radius 2 is 1.02 bits per heavy atom. The van der Waals surface area contributed by atoms with Gasteiger partial charge in [-0.2, -0.15) is 0 Å². The van der Waals surface area contributed by atoms with Gasteiger partial charge in [0.15, 0.2) is 0 Å². The van der Waals surface area contributed by atoms with Crippen molar-refractivity contribution in [3.63, 3.8) is 0 Å². The zero-order valence-corrected chi connectivity index (χ0v) is 40.4. The lowest BCUT2D eigenvalue weighted by Gasteiger charge is -2.26. The zero-order valence-electron chi connectivity index (χ0n) is 39.5. The predicted molar refractivity (Wildman–Crippen MR) is 254 cm³/mol. The first kappa shape index (κ1) is 57.7. The Balaban J connectivity index is 4.21. The minimum absolute atomic E-state index is 0.0684. The van der Waals surface area contributed by atoms with Gasteiger partial charge in [0, 0.05) is 6.42 Å². The number of aliphatic hydroxyl groups excluding tert-OH is 1. The van der Waals surface area contributed by atoms with Gasteiger partial charge in [-0.25, -0.2) is 4.57 Å². The number of phosphoric acid groups is 1. The number of carbonyl (C=O) groups is 1. The lowest BCUT2D eigenvalue weighted by Crippen LogP contribution is -2.46. The quantitative estimate of drug-likeness (QED) is 0.0244. The Labute approximate surface area is 366 Å². The van der Waals surface area contributed by atoms with Crippen molar-refractivity contribution in [2.45, 2.75) is 238 Å². The Bertz CT molecular complexity index is 1060. The maximum atomic E-state index is 12.9. The fourth-order valence-corrected chi connectivity index (χ4v) is 7.97. The van der Waals surface area contributed by atoms with Gasteiger partial charge in [0.2, 0.25) is 5.91 Å². The minimum Gasteiger partial charge on any atom is -0.391 e. The van der Waals surface area contributed by atoms with E-state index in [1.807, 2.05) is 21.1 Å². The van der Waals surface area contributed by atoms with E-state index < -0.39 is 20.0 Å². The molecular weight excluding hydrogens is 756 g/mol. The summed E-state index contributed by atoms with van der Waals surface area (Å²) in [5.74, 6) is -0.172. The summed E-state index contributed by atoms with van der Waals surface area (Å²) in [6.07, 6.45) is 51.9. The van der Waals surface area contributed by atoms with Crippen molar-refractivity contribution in [3.05, 3.63) is 36.5 Å². The summed E-state index contributed by atoms with van der Waals surface area (Å²) in [6.45, 7) is 4.76. The molecule has 0 aromatic carbocycles. The lowest BCUT2D eigenvalue weighted by molar-refractivity contribution is -0.870. The molecule has 3 unspecified atom stereocenters. The number of unbranched alkanes of at least 4 members (excludes halogenated alkanes) is 26. The molecule has 1 amide bonds. The van der Waals surface area contributed by atoms with Gasteiger partial charge in [0.25, 0.3) is 0 Å². The zero-order chi connectivity index (χ0) is 43.6. The van der Waals surface area contributed by atoms with Crippen LogP contribution in [0.5, 0.6) is 0 Å². The normalized spacial score (nSPS) is 14.5. The number of likely N-dealkylation sites (N-methyl/N-ethyl adjacent to an activating group) is 1. The summed E-state index contributed by atoms with van der Waals surface area (Å²) in [6, 6.07) is -0.775. The first-order valence-electron chi connectivity index (χ1n) is 24.9. The summed E-state index contributed by atoms with van der Waals surface area (Å²) >= 11 is 0. The maximum absolute atomic E-state index is 12.9. The topological polar surface area (TPSA) is 105 Å². The predicted octanol–water partition coefficient (Wildman–Crippen LogP) is 14.3. The van der Waals surface area contributed by atoms with E-state index >= 15 is 0 Å². The number of nitrogens with one attached hydrogen (secondary N) is 1. The molecule has 0 aliphatic rings. The lowest BCUT2D eigenvalue weighted by atomic mass is 10.0. The monoisotopic (exact) mass is 854 g/mol. The van der Waals surface area contributed by atoms with E-state index in [2.05, 4.69) is 55.6 Å². The van der Waals surface area contributed by atoms with Crippen molar-refractivity contribution in [1.29, 1.82) is 0 Å². The van der Waals surface area contributed by atoms with Gasteiger partial charge < -0.3 is 19.8 Å². The summed E-state index contributed by atoms with van der Waals surface area (Å²) in [5.41, 5.74) is 0. The Hall–Kier alpha value is -1.28. The van der Waals surface area contributed by atoms with E-state index in [0.29, 0.717) is 23.9 Å². The van der Waals surface area contributed by atoms with Crippen LogP contribution in [-0.2, 0) is 18.4 Å². The van der Waals surface area contributed by atoms with E-state index in [1.54, 1.807) is 0 Å². The van der Waals surface area contributed by atoms with E-state index in [0.717, 1.165) is 64.2 Å². The molecular formula is C50H98N2O6P+. The fourth-order valence-electron chi connectivity index (χ4n) is 7.24. The van der Waals surface area contributed by atoms with Crippen molar-refractivity contribution in [2.75, 3.05) is 40.9 Å². The number of nitrogens with zero attached hydrogens (tertiary/aromatic N) is 1. The second-order valence-corrected chi connectivity index (χ2v) is 19.6. The number of amides is 1. The van der Waals surface area contributed by atoms with E-state index in [9.17, 15) is 19.4 Å². The highest BCUT2D eigenvalue weighted by Crippen LogP contribution is 2.43. The van der Waals surface area contributed by atoms with Crippen molar-refractivity contribution in [1.82, 2.24) is 5.32 Å². The summed E-state index contributed by atoms with van der Waals surface area (Å²) < 4.78 is 23.7. The molecule has 3 atom stereocenters. The average Bonchev–Trinajstić information content (AvgIpc) is 3.19. The van der Waals surface area contributed by atoms with Gasteiger partial charge in [-0.1, -0.05) is 211 Å². The smallest absolute Gasteiger partial charge is 0.391 e. The SMILES string of the molecule is CC/C=C\C/C=C\C/C=C\CCCCCC(=O)NC(COP(=O)(O)OCC[N+](C)(C)C)C(O)CCCCCCCCCCCCCCCCCCCCCCCCCC. The number of quaternary nitrogens is 1. The van der Waals surface area contributed by atoms with Gasteiger partial charge in [-0.3, -0.25) is 13.8 Å². The number of aliphatic hydroxyl groups is 1. The third kappa shape index (κ3) is 44.6. The molecule has 0 radical (unpaired) electrons. The van der Waals surface area contributed by atoms with Gasteiger partial charge >= 0.3 is 7.82 Å². The van der Waals surface area contributed by atoms with Crippen molar-refractivity contribution in [2.24, 2.45) is 0 Å². The van der Waals surface area contributed by atoms with Gasteiger partial charge in [-0.05, 0) is 44.9 Å². The third-order valence-electron chi connectivity index (χ3n) is 11.2. The number of carbonyl (C=O) groups excluding carboxylic acids is 1. The van der Waals surface area contributed by atoms with Crippen LogP contribution in [0.4, 0.5) is 0 Å². The maximum Gasteiger partial charge on any atom is 0.472 e. The molecule has 0 bridgehead atoms. The number of hydrogen-bond acceptors (Lipinski definition) is 5. The van der Waals surface area contributed by atoms with Crippen LogP contribution in [0.25, 0.3) is 0 Å². The van der Waals surface area contributed by atoms with E-state index in [4.69, 9.17) is 9.05 Å². The fraction of sp³-hybridized carbons (Fsp3) is 0.860. The molecule has 0 aliphatic carbocycles. The second kappa shape index (κ2) is 42.0. The molecule has 9 heteroatoms. The molecule has 0 saturated heterocycles. The molecule has 0 aromatic heterocycles. The number of allylic oxidation sites excluding steroid dienone is 6. The first-order chi connectivity index (χ1) is 28.5.